The molecule has 1 aliphatic rings. The Balaban J connectivity index is 2.20. The first kappa shape index (κ1) is 10.0. The van der Waals surface area contributed by atoms with E-state index in [0.29, 0.717) is 5.54 Å². The van der Waals surface area contributed by atoms with Gasteiger partial charge < -0.3 is 0 Å². The Hall–Kier alpha value is -0.0400. The maximum Gasteiger partial charge on any atom is 0.0125 e. The SMILES string of the molecule is CC(C)CC1CN(C(C)(C)C)C1. The van der Waals surface area contributed by atoms with Crippen molar-refractivity contribution in [2.24, 2.45) is 11.8 Å². The van der Waals surface area contributed by atoms with Gasteiger partial charge in [0.15, 0.2) is 0 Å². The van der Waals surface area contributed by atoms with Crippen molar-refractivity contribution in [3.63, 3.8) is 0 Å². The molecular weight excluding hydrogens is 146 g/mol. The molecule has 1 aliphatic heterocycles. The van der Waals surface area contributed by atoms with Crippen molar-refractivity contribution in [2.75, 3.05) is 13.1 Å². The monoisotopic (exact) mass is 169 g/mol. The van der Waals surface area contributed by atoms with E-state index in [0.717, 1.165) is 11.8 Å². The van der Waals surface area contributed by atoms with Gasteiger partial charge in [-0.1, -0.05) is 13.8 Å². The van der Waals surface area contributed by atoms with Gasteiger partial charge in [0.25, 0.3) is 0 Å². The molecule has 0 bridgehead atoms. The number of rotatable bonds is 2. The van der Waals surface area contributed by atoms with Crippen LogP contribution in [0.15, 0.2) is 0 Å². The fourth-order valence-electron chi connectivity index (χ4n) is 1.93. The second kappa shape index (κ2) is 3.37. The molecule has 1 nitrogen and oxygen atoms in total. The summed E-state index contributed by atoms with van der Waals surface area (Å²) in [5.74, 6) is 1.85. The Morgan fingerprint density at radius 2 is 1.75 bits per heavy atom. The highest BCUT2D eigenvalue weighted by molar-refractivity contribution is 4.88. The predicted molar refractivity (Wildman–Crippen MR) is 54.3 cm³/mol. The largest absolute Gasteiger partial charge is 0.298 e. The first-order chi connectivity index (χ1) is 5.39. The van der Waals surface area contributed by atoms with Crippen LogP contribution in [0.4, 0.5) is 0 Å². The van der Waals surface area contributed by atoms with E-state index in [1.807, 2.05) is 0 Å². The maximum absolute atomic E-state index is 2.57. The van der Waals surface area contributed by atoms with Crippen LogP contribution in [-0.4, -0.2) is 23.5 Å². The van der Waals surface area contributed by atoms with Gasteiger partial charge in [-0.25, -0.2) is 0 Å². The Kier molecular flexibility index (Phi) is 2.82. The average molecular weight is 169 g/mol. The molecule has 1 heterocycles. The molecule has 0 saturated carbocycles. The van der Waals surface area contributed by atoms with Crippen LogP contribution in [0, 0.1) is 11.8 Å². The van der Waals surface area contributed by atoms with Gasteiger partial charge in [0.1, 0.15) is 0 Å². The molecule has 0 radical (unpaired) electrons. The third-order valence-electron chi connectivity index (χ3n) is 2.71. The van der Waals surface area contributed by atoms with Gasteiger partial charge in [0, 0.05) is 18.6 Å². The van der Waals surface area contributed by atoms with Crippen LogP contribution in [0.3, 0.4) is 0 Å². The zero-order chi connectivity index (χ0) is 9.35. The van der Waals surface area contributed by atoms with Crippen molar-refractivity contribution >= 4 is 0 Å². The number of hydrogen-bond donors (Lipinski definition) is 0. The van der Waals surface area contributed by atoms with Gasteiger partial charge in [-0.2, -0.15) is 0 Å². The van der Waals surface area contributed by atoms with E-state index in [9.17, 15) is 0 Å². The van der Waals surface area contributed by atoms with Gasteiger partial charge in [0.2, 0.25) is 0 Å². The van der Waals surface area contributed by atoms with E-state index in [-0.39, 0.29) is 0 Å². The van der Waals surface area contributed by atoms with E-state index in [1.165, 1.54) is 19.5 Å². The average Bonchev–Trinajstić information content (AvgIpc) is 1.73. The van der Waals surface area contributed by atoms with E-state index in [1.54, 1.807) is 0 Å². The second-order valence-electron chi connectivity index (χ2n) is 5.57. The minimum absolute atomic E-state index is 0.396. The van der Waals surface area contributed by atoms with Crippen molar-refractivity contribution < 1.29 is 0 Å². The zero-order valence-electron chi connectivity index (χ0n) is 9.22. The normalized spacial score (nSPS) is 21.5. The van der Waals surface area contributed by atoms with Gasteiger partial charge in [-0.3, -0.25) is 4.90 Å². The number of likely N-dealkylation sites (tertiary alicyclic amines) is 1. The van der Waals surface area contributed by atoms with Gasteiger partial charge in [-0.15, -0.1) is 0 Å². The molecule has 1 fully saturated rings. The Morgan fingerprint density at radius 3 is 2.08 bits per heavy atom. The molecule has 0 atom stereocenters. The van der Waals surface area contributed by atoms with E-state index in [2.05, 4.69) is 39.5 Å². The molecule has 0 aliphatic carbocycles. The third-order valence-corrected chi connectivity index (χ3v) is 2.71. The molecule has 1 rings (SSSR count). The summed E-state index contributed by atoms with van der Waals surface area (Å²) in [5, 5.41) is 0. The lowest BCUT2D eigenvalue weighted by molar-refractivity contribution is 0.00550. The van der Waals surface area contributed by atoms with Crippen LogP contribution < -0.4 is 0 Å². The standard InChI is InChI=1S/C11H23N/c1-9(2)6-10-7-12(8-10)11(3,4)5/h9-10H,6-8H2,1-5H3. The molecule has 0 unspecified atom stereocenters. The fraction of sp³-hybridized carbons (Fsp3) is 1.00. The topological polar surface area (TPSA) is 3.24 Å². The lowest BCUT2D eigenvalue weighted by Crippen LogP contribution is -2.56. The molecular formula is C11H23N. The Bertz CT molecular complexity index is 138. The van der Waals surface area contributed by atoms with Crippen LogP contribution in [0.2, 0.25) is 0 Å². The van der Waals surface area contributed by atoms with Crippen molar-refractivity contribution in [1.82, 2.24) is 4.90 Å². The molecule has 1 heteroatoms. The molecule has 0 aromatic carbocycles. The summed E-state index contributed by atoms with van der Waals surface area (Å²) >= 11 is 0. The lowest BCUT2D eigenvalue weighted by atomic mass is 9.86. The zero-order valence-corrected chi connectivity index (χ0v) is 9.22. The van der Waals surface area contributed by atoms with E-state index >= 15 is 0 Å². The highest BCUT2D eigenvalue weighted by Crippen LogP contribution is 2.29. The Morgan fingerprint density at radius 1 is 1.25 bits per heavy atom. The fourth-order valence-corrected chi connectivity index (χ4v) is 1.93. The summed E-state index contributed by atoms with van der Waals surface area (Å²) in [6.07, 6.45) is 1.41. The third kappa shape index (κ3) is 2.48. The Labute approximate surface area is 77.1 Å². The molecule has 0 N–H and O–H groups in total. The van der Waals surface area contributed by atoms with Crippen LogP contribution in [0.5, 0.6) is 0 Å². The summed E-state index contributed by atoms with van der Waals surface area (Å²) in [7, 11) is 0. The summed E-state index contributed by atoms with van der Waals surface area (Å²) < 4.78 is 0. The highest BCUT2D eigenvalue weighted by Gasteiger charge is 2.33. The van der Waals surface area contributed by atoms with Crippen molar-refractivity contribution in [3.8, 4) is 0 Å². The number of nitrogens with zero attached hydrogens (tertiary/aromatic N) is 1. The van der Waals surface area contributed by atoms with Crippen LogP contribution in [0.1, 0.15) is 41.0 Å². The lowest BCUT2D eigenvalue weighted by Gasteiger charge is -2.48. The van der Waals surface area contributed by atoms with Gasteiger partial charge >= 0.3 is 0 Å². The molecule has 0 amide bonds. The van der Waals surface area contributed by atoms with Crippen LogP contribution >= 0.6 is 0 Å². The highest BCUT2D eigenvalue weighted by atomic mass is 15.2. The molecule has 12 heavy (non-hydrogen) atoms. The molecule has 1 saturated heterocycles. The van der Waals surface area contributed by atoms with Crippen LogP contribution in [0.25, 0.3) is 0 Å². The molecule has 0 aromatic heterocycles. The van der Waals surface area contributed by atoms with E-state index in [4.69, 9.17) is 0 Å². The quantitative estimate of drug-likeness (QED) is 0.614. The van der Waals surface area contributed by atoms with Gasteiger partial charge in [0.05, 0.1) is 0 Å². The minimum atomic E-state index is 0.396. The summed E-state index contributed by atoms with van der Waals surface area (Å²) in [4.78, 5) is 2.57. The summed E-state index contributed by atoms with van der Waals surface area (Å²) in [5.41, 5.74) is 0.396. The first-order valence-corrected chi connectivity index (χ1v) is 5.14. The number of hydrogen-bond acceptors (Lipinski definition) is 1. The molecule has 0 aromatic rings. The minimum Gasteiger partial charge on any atom is -0.298 e. The molecule has 0 spiro atoms. The summed E-state index contributed by atoms with van der Waals surface area (Å²) in [6, 6.07) is 0. The smallest absolute Gasteiger partial charge is 0.0125 e. The predicted octanol–water partition coefficient (Wildman–Crippen LogP) is 2.76. The first-order valence-electron chi connectivity index (χ1n) is 5.14. The second-order valence-corrected chi connectivity index (χ2v) is 5.57. The van der Waals surface area contributed by atoms with Crippen LogP contribution in [-0.2, 0) is 0 Å². The summed E-state index contributed by atoms with van der Waals surface area (Å²) in [6.45, 7) is 14.2. The van der Waals surface area contributed by atoms with E-state index < -0.39 is 0 Å². The molecule has 72 valence electrons. The van der Waals surface area contributed by atoms with Crippen molar-refractivity contribution in [2.45, 2.75) is 46.6 Å². The van der Waals surface area contributed by atoms with Crippen molar-refractivity contribution in [3.05, 3.63) is 0 Å². The maximum atomic E-state index is 2.57. The van der Waals surface area contributed by atoms with Gasteiger partial charge in [-0.05, 0) is 39.0 Å². The van der Waals surface area contributed by atoms with Crippen molar-refractivity contribution in [1.29, 1.82) is 0 Å².